The summed E-state index contributed by atoms with van der Waals surface area (Å²) in [5.74, 6) is 1.23. The van der Waals surface area contributed by atoms with Gasteiger partial charge in [-0.3, -0.25) is 4.79 Å². The molecule has 0 aliphatic heterocycles. The molecule has 0 saturated carbocycles. The summed E-state index contributed by atoms with van der Waals surface area (Å²) in [5, 5.41) is 0.670. The monoisotopic (exact) mass is 330 g/mol. The molecule has 0 unspecified atom stereocenters. The van der Waals surface area contributed by atoms with Crippen molar-refractivity contribution in [2.45, 2.75) is 12.8 Å². The number of amides is 1. The molecule has 120 valence electrons. The lowest BCUT2D eigenvalue weighted by Crippen LogP contribution is -2.31. The molecule has 0 atom stereocenters. The average molecular weight is 331 g/mol. The van der Waals surface area contributed by atoms with Crippen molar-refractivity contribution >= 4 is 17.5 Å². The number of carbonyl (C=O) groups excluding carboxylic acids is 1. The predicted octanol–water partition coefficient (Wildman–Crippen LogP) is 4.13. The molecule has 1 heterocycles. The summed E-state index contributed by atoms with van der Waals surface area (Å²) >= 11 is 5.87. The average Bonchev–Trinajstić information content (AvgIpc) is 3.02. The van der Waals surface area contributed by atoms with Crippen molar-refractivity contribution < 1.29 is 9.21 Å². The minimum Gasteiger partial charge on any atom is -0.441 e. The molecule has 1 aromatic carbocycles. The molecule has 0 saturated heterocycles. The highest BCUT2D eigenvalue weighted by molar-refractivity contribution is 6.30. The number of nitrogens with zero attached hydrogens (tertiary/aromatic N) is 2. The van der Waals surface area contributed by atoms with Crippen molar-refractivity contribution in [3.05, 3.63) is 66.7 Å². The highest BCUT2D eigenvalue weighted by Crippen LogP contribution is 2.22. The second kappa shape index (κ2) is 8.34. The van der Waals surface area contributed by atoms with Gasteiger partial charge in [0.1, 0.15) is 0 Å². The van der Waals surface area contributed by atoms with Crippen molar-refractivity contribution in [1.82, 2.24) is 9.88 Å². The SMILES string of the molecule is C=CCN(CC=C)C(=O)CCc1ncc(-c2ccc(Cl)cc2)o1. The van der Waals surface area contributed by atoms with Crippen LogP contribution >= 0.6 is 11.6 Å². The third kappa shape index (κ3) is 4.83. The van der Waals surface area contributed by atoms with E-state index in [4.69, 9.17) is 16.0 Å². The molecule has 0 spiro atoms. The lowest BCUT2D eigenvalue weighted by atomic mass is 10.2. The minimum absolute atomic E-state index is 0.0241. The van der Waals surface area contributed by atoms with Gasteiger partial charge in [-0.1, -0.05) is 23.8 Å². The number of aromatic nitrogens is 1. The molecule has 23 heavy (non-hydrogen) atoms. The quantitative estimate of drug-likeness (QED) is 0.684. The Labute approximate surface area is 141 Å². The maximum atomic E-state index is 12.2. The second-order valence-corrected chi connectivity index (χ2v) is 5.44. The fourth-order valence-electron chi connectivity index (χ4n) is 2.14. The summed E-state index contributed by atoms with van der Waals surface area (Å²) < 4.78 is 5.69. The number of halogens is 1. The van der Waals surface area contributed by atoms with Crippen LogP contribution in [0.3, 0.4) is 0 Å². The first kappa shape index (κ1) is 17.0. The Morgan fingerprint density at radius 1 is 1.22 bits per heavy atom. The number of benzene rings is 1. The molecule has 4 nitrogen and oxygen atoms in total. The van der Waals surface area contributed by atoms with Crippen molar-refractivity contribution in [2.75, 3.05) is 13.1 Å². The van der Waals surface area contributed by atoms with Gasteiger partial charge in [0, 0.05) is 36.5 Å². The zero-order valence-corrected chi connectivity index (χ0v) is 13.6. The molecule has 0 bridgehead atoms. The molecule has 2 aromatic rings. The van der Waals surface area contributed by atoms with Crippen LogP contribution in [0.2, 0.25) is 5.02 Å². The maximum absolute atomic E-state index is 12.2. The van der Waals surface area contributed by atoms with Gasteiger partial charge in [0.2, 0.25) is 5.91 Å². The van der Waals surface area contributed by atoms with Gasteiger partial charge in [0.25, 0.3) is 0 Å². The predicted molar refractivity (Wildman–Crippen MR) is 92.2 cm³/mol. The summed E-state index contributed by atoms with van der Waals surface area (Å²) in [6, 6.07) is 7.33. The number of aryl methyl sites for hydroxylation is 1. The third-order valence-electron chi connectivity index (χ3n) is 3.29. The lowest BCUT2D eigenvalue weighted by Gasteiger charge is -2.18. The third-order valence-corrected chi connectivity index (χ3v) is 3.54. The van der Waals surface area contributed by atoms with E-state index >= 15 is 0 Å². The number of oxazole rings is 1. The topological polar surface area (TPSA) is 46.3 Å². The van der Waals surface area contributed by atoms with Crippen LogP contribution in [0.15, 0.2) is 60.2 Å². The molecular formula is C18H19ClN2O2. The van der Waals surface area contributed by atoms with Crippen molar-refractivity contribution in [3.8, 4) is 11.3 Å². The fourth-order valence-corrected chi connectivity index (χ4v) is 2.26. The second-order valence-electron chi connectivity index (χ2n) is 5.00. The lowest BCUT2D eigenvalue weighted by molar-refractivity contribution is -0.130. The standard InChI is InChI=1S/C18H19ClN2O2/c1-3-11-21(12-4-2)18(22)10-9-17-20-13-16(23-17)14-5-7-15(19)8-6-14/h3-8,13H,1-2,9-12H2. The molecule has 0 fully saturated rings. The first-order valence-electron chi connectivity index (χ1n) is 7.34. The fraction of sp³-hybridized carbons (Fsp3) is 0.222. The van der Waals surface area contributed by atoms with E-state index in [0.29, 0.717) is 42.6 Å². The van der Waals surface area contributed by atoms with Crippen LogP contribution in [0.5, 0.6) is 0 Å². The maximum Gasteiger partial charge on any atom is 0.223 e. The smallest absolute Gasteiger partial charge is 0.223 e. The van der Waals surface area contributed by atoms with Gasteiger partial charge >= 0.3 is 0 Å². The van der Waals surface area contributed by atoms with E-state index in [1.165, 1.54) is 0 Å². The molecule has 1 amide bonds. The highest BCUT2D eigenvalue weighted by Gasteiger charge is 2.13. The summed E-state index contributed by atoms with van der Waals surface area (Å²) in [4.78, 5) is 18.1. The molecule has 0 N–H and O–H groups in total. The van der Waals surface area contributed by atoms with E-state index in [1.54, 1.807) is 35.4 Å². The van der Waals surface area contributed by atoms with Crippen LogP contribution in [-0.2, 0) is 11.2 Å². The Hall–Kier alpha value is -2.33. The van der Waals surface area contributed by atoms with Crippen LogP contribution < -0.4 is 0 Å². The van der Waals surface area contributed by atoms with Crippen LogP contribution in [0.4, 0.5) is 0 Å². The van der Waals surface area contributed by atoms with E-state index in [2.05, 4.69) is 18.1 Å². The van der Waals surface area contributed by atoms with Gasteiger partial charge in [-0.15, -0.1) is 13.2 Å². The van der Waals surface area contributed by atoms with Crippen LogP contribution in [0, 0.1) is 0 Å². The van der Waals surface area contributed by atoms with Gasteiger partial charge in [-0.05, 0) is 24.3 Å². The van der Waals surface area contributed by atoms with E-state index < -0.39 is 0 Å². The molecule has 0 aliphatic carbocycles. The largest absolute Gasteiger partial charge is 0.441 e. The molecule has 0 radical (unpaired) electrons. The Balaban J connectivity index is 1.96. The molecule has 0 aliphatic rings. The Morgan fingerprint density at radius 2 is 1.87 bits per heavy atom. The van der Waals surface area contributed by atoms with Gasteiger partial charge in [-0.25, -0.2) is 4.98 Å². The van der Waals surface area contributed by atoms with E-state index in [9.17, 15) is 4.79 Å². The minimum atomic E-state index is 0.0241. The van der Waals surface area contributed by atoms with Crippen molar-refractivity contribution in [3.63, 3.8) is 0 Å². The molecule has 1 aromatic heterocycles. The van der Waals surface area contributed by atoms with Gasteiger partial charge < -0.3 is 9.32 Å². The number of carbonyl (C=O) groups is 1. The zero-order chi connectivity index (χ0) is 16.7. The van der Waals surface area contributed by atoms with Gasteiger partial charge in [0.05, 0.1) is 6.20 Å². The number of rotatable bonds is 8. The summed E-state index contributed by atoms with van der Waals surface area (Å²) in [5.41, 5.74) is 0.902. The van der Waals surface area contributed by atoms with E-state index in [1.807, 2.05) is 12.1 Å². The Kier molecular flexibility index (Phi) is 6.18. The van der Waals surface area contributed by atoms with Crippen molar-refractivity contribution in [1.29, 1.82) is 0 Å². The van der Waals surface area contributed by atoms with Gasteiger partial charge in [-0.2, -0.15) is 0 Å². The number of hydrogen-bond donors (Lipinski definition) is 0. The molecule has 5 heteroatoms. The molecule has 2 rings (SSSR count). The van der Waals surface area contributed by atoms with Crippen molar-refractivity contribution in [2.24, 2.45) is 0 Å². The number of hydrogen-bond acceptors (Lipinski definition) is 3. The van der Waals surface area contributed by atoms with Crippen LogP contribution in [-0.4, -0.2) is 28.9 Å². The van der Waals surface area contributed by atoms with E-state index in [0.717, 1.165) is 5.56 Å². The van der Waals surface area contributed by atoms with E-state index in [-0.39, 0.29) is 5.91 Å². The van der Waals surface area contributed by atoms with Gasteiger partial charge in [0.15, 0.2) is 11.7 Å². The first-order chi connectivity index (χ1) is 11.1. The first-order valence-corrected chi connectivity index (χ1v) is 7.72. The Bertz CT molecular complexity index is 667. The summed E-state index contributed by atoms with van der Waals surface area (Å²) in [6.07, 6.45) is 5.85. The Morgan fingerprint density at radius 3 is 2.48 bits per heavy atom. The molecular weight excluding hydrogens is 312 g/mol. The van der Waals surface area contributed by atoms with Crippen LogP contribution in [0.25, 0.3) is 11.3 Å². The highest BCUT2D eigenvalue weighted by atomic mass is 35.5. The van der Waals surface area contributed by atoms with Crippen LogP contribution in [0.1, 0.15) is 12.3 Å². The normalized spacial score (nSPS) is 10.3. The zero-order valence-electron chi connectivity index (χ0n) is 12.9. The summed E-state index contributed by atoms with van der Waals surface area (Å²) in [6.45, 7) is 8.33. The summed E-state index contributed by atoms with van der Waals surface area (Å²) in [7, 11) is 0.